The van der Waals surface area contributed by atoms with Crippen LogP contribution in [0.4, 0.5) is 22.4 Å². The van der Waals surface area contributed by atoms with Gasteiger partial charge >= 0.3 is 12.3 Å². The van der Waals surface area contributed by atoms with Crippen molar-refractivity contribution < 1.29 is 27.1 Å². The molecule has 7 heteroatoms. The van der Waals surface area contributed by atoms with Gasteiger partial charge in [-0.3, -0.25) is 4.90 Å². The SMILES string of the molecule is O=C(OCc1ccccc1)N1C2C=C(c3cc(F)cc(C(F)(F)F)c3)CC1CCC2. The molecule has 158 valence electrons. The number of piperidine rings is 1. The van der Waals surface area contributed by atoms with E-state index in [1.54, 1.807) is 11.0 Å². The van der Waals surface area contributed by atoms with Gasteiger partial charge in [-0.15, -0.1) is 0 Å². The van der Waals surface area contributed by atoms with Gasteiger partial charge in [-0.25, -0.2) is 9.18 Å². The maximum atomic E-state index is 13.9. The fourth-order valence-corrected chi connectivity index (χ4v) is 4.26. The first-order chi connectivity index (χ1) is 14.3. The molecule has 0 saturated carbocycles. The van der Waals surface area contributed by atoms with Crippen molar-refractivity contribution in [2.45, 2.75) is 50.6 Å². The van der Waals surface area contributed by atoms with Gasteiger partial charge in [-0.2, -0.15) is 13.2 Å². The van der Waals surface area contributed by atoms with Crippen molar-refractivity contribution in [1.29, 1.82) is 0 Å². The van der Waals surface area contributed by atoms with E-state index >= 15 is 0 Å². The molecule has 3 nitrogen and oxygen atoms in total. The van der Waals surface area contributed by atoms with Crippen LogP contribution in [0.1, 0.15) is 42.4 Å². The molecule has 0 N–H and O–H groups in total. The van der Waals surface area contributed by atoms with Gasteiger partial charge in [0, 0.05) is 6.04 Å². The van der Waals surface area contributed by atoms with E-state index in [0.717, 1.165) is 30.5 Å². The van der Waals surface area contributed by atoms with Crippen molar-refractivity contribution in [3.8, 4) is 0 Å². The summed E-state index contributed by atoms with van der Waals surface area (Å²) in [7, 11) is 0. The zero-order valence-electron chi connectivity index (χ0n) is 16.2. The Morgan fingerprint density at radius 3 is 2.57 bits per heavy atom. The summed E-state index contributed by atoms with van der Waals surface area (Å²) in [4.78, 5) is 14.4. The Kier molecular flexibility index (Phi) is 5.54. The molecule has 1 saturated heterocycles. The van der Waals surface area contributed by atoms with Gasteiger partial charge in [-0.1, -0.05) is 36.4 Å². The quantitative estimate of drug-likeness (QED) is 0.555. The Balaban J connectivity index is 1.55. The Morgan fingerprint density at radius 1 is 1.10 bits per heavy atom. The number of alkyl halides is 3. The van der Waals surface area contributed by atoms with Crippen LogP contribution in [0.25, 0.3) is 5.57 Å². The molecule has 2 aliphatic rings. The Labute approximate surface area is 171 Å². The van der Waals surface area contributed by atoms with E-state index in [9.17, 15) is 22.4 Å². The van der Waals surface area contributed by atoms with Gasteiger partial charge < -0.3 is 4.74 Å². The monoisotopic (exact) mass is 419 g/mol. The largest absolute Gasteiger partial charge is 0.445 e. The number of carbonyl (C=O) groups excluding carboxylic acids is 1. The number of benzene rings is 2. The lowest BCUT2D eigenvalue weighted by Gasteiger charge is -2.44. The Bertz CT molecular complexity index is 955. The van der Waals surface area contributed by atoms with E-state index in [-0.39, 0.29) is 24.3 Å². The molecule has 2 unspecified atom stereocenters. The van der Waals surface area contributed by atoms with Crippen LogP contribution in [0.5, 0.6) is 0 Å². The highest BCUT2D eigenvalue weighted by Crippen LogP contribution is 2.39. The lowest BCUT2D eigenvalue weighted by atomic mass is 9.83. The molecule has 2 aromatic carbocycles. The van der Waals surface area contributed by atoms with Gasteiger partial charge in [0.15, 0.2) is 0 Å². The van der Waals surface area contributed by atoms with Gasteiger partial charge in [-0.05, 0) is 60.6 Å². The third-order valence-corrected chi connectivity index (χ3v) is 5.65. The highest BCUT2D eigenvalue weighted by molar-refractivity contribution is 5.74. The molecule has 0 aliphatic carbocycles. The summed E-state index contributed by atoms with van der Waals surface area (Å²) in [5, 5.41) is 0. The van der Waals surface area contributed by atoms with Crippen LogP contribution < -0.4 is 0 Å². The third-order valence-electron chi connectivity index (χ3n) is 5.65. The van der Waals surface area contributed by atoms with Crippen molar-refractivity contribution in [3.05, 3.63) is 77.1 Å². The highest BCUT2D eigenvalue weighted by Gasteiger charge is 2.39. The normalized spacial score (nSPS) is 21.2. The topological polar surface area (TPSA) is 29.5 Å². The first kappa shape index (κ1) is 20.4. The van der Waals surface area contributed by atoms with Gasteiger partial charge in [0.05, 0.1) is 11.6 Å². The van der Waals surface area contributed by atoms with E-state index in [0.29, 0.717) is 24.5 Å². The zero-order chi connectivity index (χ0) is 21.3. The molecule has 2 aromatic rings. The Morgan fingerprint density at radius 2 is 1.87 bits per heavy atom. The maximum absolute atomic E-state index is 13.9. The second-order valence-corrected chi connectivity index (χ2v) is 7.72. The van der Waals surface area contributed by atoms with Crippen LogP contribution in [0.3, 0.4) is 0 Å². The first-order valence-electron chi connectivity index (χ1n) is 9.89. The highest BCUT2D eigenvalue weighted by atomic mass is 19.4. The van der Waals surface area contributed by atoms with Crippen LogP contribution in [0.2, 0.25) is 0 Å². The van der Waals surface area contributed by atoms with Crippen LogP contribution >= 0.6 is 0 Å². The van der Waals surface area contributed by atoms with E-state index in [1.807, 2.05) is 30.3 Å². The number of fused-ring (bicyclic) bond motifs is 2. The molecule has 30 heavy (non-hydrogen) atoms. The van der Waals surface area contributed by atoms with E-state index in [1.165, 1.54) is 0 Å². The minimum Gasteiger partial charge on any atom is -0.445 e. The fraction of sp³-hybridized carbons (Fsp3) is 0.348. The van der Waals surface area contributed by atoms with Crippen LogP contribution in [-0.2, 0) is 17.5 Å². The van der Waals surface area contributed by atoms with Crippen LogP contribution in [0.15, 0.2) is 54.6 Å². The molecule has 1 amide bonds. The number of hydrogen-bond donors (Lipinski definition) is 0. The minimum atomic E-state index is -4.62. The number of amides is 1. The molecule has 0 aromatic heterocycles. The summed E-state index contributed by atoms with van der Waals surface area (Å²) in [6, 6.07) is 11.5. The number of hydrogen-bond acceptors (Lipinski definition) is 2. The molecule has 1 fully saturated rings. The number of nitrogens with zero attached hydrogens (tertiary/aromatic N) is 1. The molecule has 0 radical (unpaired) electrons. The second-order valence-electron chi connectivity index (χ2n) is 7.72. The van der Waals surface area contributed by atoms with Crippen molar-refractivity contribution in [1.82, 2.24) is 4.90 Å². The average molecular weight is 419 g/mol. The van der Waals surface area contributed by atoms with Gasteiger partial charge in [0.25, 0.3) is 0 Å². The van der Waals surface area contributed by atoms with Crippen molar-refractivity contribution in [2.24, 2.45) is 0 Å². The van der Waals surface area contributed by atoms with E-state index < -0.39 is 23.7 Å². The maximum Gasteiger partial charge on any atom is 0.416 e. The molecule has 0 spiro atoms. The van der Waals surface area contributed by atoms with Crippen LogP contribution in [0, 0.1) is 5.82 Å². The van der Waals surface area contributed by atoms with Crippen molar-refractivity contribution >= 4 is 11.7 Å². The Hall–Kier alpha value is -2.83. The van der Waals surface area contributed by atoms with Gasteiger partial charge in [0.1, 0.15) is 12.4 Å². The fourth-order valence-electron chi connectivity index (χ4n) is 4.26. The molecule has 2 atom stereocenters. The zero-order valence-corrected chi connectivity index (χ0v) is 16.2. The van der Waals surface area contributed by atoms with E-state index in [2.05, 4.69) is 0 Å². The average Bonchev–Trinajstić information content (AvgIpc) is 2.70. The molecular weight excluding hydrogens is 398 g/mol. The van der Waals surface area contributed by atoms with Crippen LogP contribution in [-0.4, -0.2) is 23.1 Å². The smallest absolute Gasteiger partial charge is 0.416 e. The summed E-state index contributed by atoms with van der Waals surface area (Å²) < 4.78 is 58.6. The molecule has 2 bridgehead atoms. The predicted octanol–water partition coefficient (Wildman–Crippen LogP) is 6.19. The number of carbonyl (C=O) groups is 1. The molecule has 2 aliphatic heterocycles. The summed E-state index contributed by atoms with van der Waals surface area (Å²) >= 11 is 0. The minimum absolute atomic E-state index is 0.158. The summed E-state index contributed by atoms with van der Waals surface area (Å²) in [6.45, 7) is 0.158. The van der Waals surface area contributed by atoms with Crippen molar-refractivity contribution in [3.63, 3.8) is 0 Å². The predicted molar refractivity (Wildman–Crippen MR) is 104 cm³/mol. The summed E-state index contributed by atoms with van der Waals surface area (Å²) in [5.74, 6) is -0.921. The molecule has 2 heterocycles. The second kappa shape index (κ2) is 8.13. The lowest BCUT2D eigenvalue weighted by molar-refractivity contribution is -0.137. The standard InChI is InChI=1S/C23H21F4NO2/c24-19-10-16(9-18(13-19)23(25,26)27)17-11-20-7-4-8-21(12-17)28(20)22(29)30-14-15-5-2-1-3-6-15/h1-3,5-6,9-11,13,20-21H,4,7-8,12,14H2. The number of ether oxygens (including phenoxy) is 1. The number of rotatable bonds is 3. The lowest BCUT2D eigenvalue weighted by Crippen LogP contribution is -2.51. The third kappa shape index (κ3) is 4.35. The summed E-state index contributed by atoms with van der Waals surface area (Å²) in [6.07, 6.45) is -0.545. The van der Waals surface area contributed by atoms with E-state index in [4.69, 9.17) is 4.74 Å². The molecular formula is C23H21F4NO2. The van der Waals surface area contributed by atoms with Crippen molar-refractivity contribution in [2.75, 3.05) is 0 Å². The number of halogens is 4. The van der Waals surface area contributed by atoms with Gasteiger partial charge in [0.2, 0.25) is 0 Å². The molecule has 4 rings (SSSR count). The summed E-state index contributed by atoms with van der Waals surface area (Å²) in [5.41, 5.74) is 0.732. The first-order valence-corrected chi connectivity index (χ1v) is 9.89.